The maximum absolute atomic E-state index is 12.1. The molecule has 1 amide bonds. The van der Waals surface area contributed by atoms with E-state index in [1.165, 1.54) is 12.8 Å². The van der Waals surface area contributed by atoms with Gasteiger partial charge in [0, 0.05) is 25.2 Å². The summed E-state index contributed by atoms with van der Waals surface area (Å²) in [6.07, 6.45) is 4.27. The van der Waals surface area contributed by atoms with Crippen LogP contribution in [0.1, 0.15) is 25.7 Å². The summed E-state index contributed by atoms with van der Waals surface area (Å²) in [6.45, 7) is 2.11. The Bertz CT molecular complexity index is 277. The Kier molecular flexibility index (Phi) is 4.97. The van der Waals surface area contributed by atoms with Gasteiger partial charge in [0.05, 0.1) is 6.61 Å². The van der Waals surface area contributed by atoms with E-state index in [9.17, 15) is 4.79 Å². The minimum Gasteiger partial charge on any atom is -0.366 e. The molecule has 1 aliphatic heterocycles. The summed E-state index contributed by atoms with van der Waals surface area (Å²) in [7, 11) is 4.23. The van der Waals surface area contributed by atoms with Crippen LogP contribution in [0.4, 0.5) is 0 Å². The number of rotatable bonds is 3. The van der Waals surface area contributed by atoms with E-state index < -0.39 is 0 Å². The average Bonchev–Trinajstić information content (AvgIpc) is 2.40. The van der Waals surface area contributed by atoms with E-state index in [-0.39, 0.29) is 12.0 Å². The van der Waals surface area contributed by atoms with Gasteiger partial charge in [0.25, 0.3) is 5.91 Å². The summed E-state index contributed by atoms with van der Waals surface area (Å²) in [6, 6.07) is 0.902. The lowest BCUT2D eigenvalue weighted by atomic mass is 9.90. The Morgan fingerprint density at radius 2 is 2.22 bits per heavy atom. The molecule has 1 heterocycles. The third-order valence-corrected chi connectivity index (χ3v) is 3.94. The highest BCUT2D eigenvalue weighted by Gasteiger charge is 2.28. The van der Waals surface area contributed by atoms with Crippen molar-refractivity contribution in [3.05, 3.63) is 0 Å². The van der Waals surface area contributed by atoms with Gasteiger partial charge in [-0.2, -0.15) is 0 Å². The Morgan fingerprint density at radius 3 is 2.89 bits per heavy atom. The first-order valence-electron chi connectivity index (χ1n) is 6.96. The molecule has 5 nitrogen and oxygen atoms in total. The van der Waals surface area contributed by atoms with Crippen molar-refractivity contribution in [3.8, 4) is 0 Å². The van der Waals surface area contributed by atoms with E-state index in [1.807, 2.05) is 0 Å². The van der Waals surface area contributed by atoms with E-state index in [0.717, 1.165) is 19.4 Å². The summed E-state index contributed by atoms with van der Waals surface area (Å²) in [5, 5.41) is 6.33. The van der Waals surface area contributed by atoms with Crippen LogP contribution in [0.25, 0.3) is 0 Å². The molecule has 0 radical (unpaired) electrons. The number of carbonyl (C=O) groups excluding carboxylic acids is 1. The van der Waals surface area contributed by atoms with Gasteiger partial charge in [0.2, 0.25) is 0 Å². The average molecular weight is 255 g/mol. The van der Waals surface area contributed by atoms with Crippen LogP contribution >= 0.6 is 0 Å². The summed E-state index contributed by atoms with van der Waals surface area (Å²) in [4.78, 5) is 14.3. The van der Waals surface area contributed by atoms with Crippen LogP contribution in [0.5, 0.6) is 0 Å². The van der Waals surface area contributed by atoms with Crippen molar-refractivity contribution in [1.82, 2.24) is 15.5 Å². The lowest BCUT2D eigenvalue weighted by Gasteiger charge is -2.34. The number of amides is 1. The summed E-state index contributed by atoms with van der Waals surface area (Å²) < 4.78 is 5.47. The van der Waals surface area contributed by atoms with Crippen molar-refractivity contribution >= 4 is 5.91 Å². The van der Waals surface area contributed by atoms with E-state index in [4.69, 9.17) is 4.74 Å². The highest BCUT2D eigenvalue weighted by Crippen LogP contribution is 2.21. The minimum absolute atomic E-state index is 0.0478. The van der Waals surface area contributed by atoms with E-state index in [0.29, 0.717) is 25.2 Å². The number of ether oxygens (including phenoxy) is 1. The lowest BCUT2D eigenvalue weighted by Crippen LogP contribution is -2.52. The molecule has 0 aromatic heterocycles. The molecule has 2 N–H and O–H groups in total. The van der Waals surface area contributed by atoms with E-state index in [2.05, 4.69) is 29.6 Å². The Hall–Kier alpha value is -0.650. The van der Waals surface area contributed by atoms with Crippen LogP contribution in [-0.2, 0) is 9.53 Å². The molecular weight excluding hydrogens is 230 g/mol. The molecule has 3 unspecified atom stereocenters. The fourth-order valence-corrected chi connectivity index (χ4v) is 2.79. The van der Waals surface area contributed by atoms with Crippen molar-refractivity contribution in [2.45, 2.75) is 43.9 Å². The Labute approximate surface area is 109 Å². The molecule has 5 heteroatoms. The maximum Gasteiger partial charge on any atom is 0.250 e. The first kappa shape index (κ1) is 13.8. The van der Waals surface area contributed by atoms with Crippen LogP contribution < -0.4 is 10.6 Å². The molecule has 1 saturated heterocycles. The van der Waals surface area contributed by atoms with Crippen LogP contribution in [-0.4, -0.2) is 62.8 Å². The summed E-state index contributed by atoms with van der Waals surface area (Å²) in [5.41, 5.74) is 0. The van der Waals surface area contributed by atoms with Gasteiger partial charge in [0.1, 0.15) is 6.10 Å². The van der Waals surface area contributed by atoms with Gasteiger partial charge in [0.15, 0.2) is 0 Å². The molecule has 2 aliphatic rings. The fraction of sp³-hybridized carbons (Fsp3) is 0.923. The predicted molar refractivity (Wildman–Crippen MR) is 70.5 cm³/mol. The van der Waals surface area contributed by atoms with Gasteiger partial charge in [-0.15, -0.1) is 0 Å². The highest BCUT2D eigenvalue weighted by molar-refractivity contribution is 5.81. The zero-order chi connectivity index (χ0) is 13.0. The molecule has 104 valence electrons. The second kappa shape index (κ2) is 6.50. The van der Waals surface area contributed by atoms with Crippen molar-refractivity contribution in [3.63, 3.8) is 0 Å². The topological polar surface area (TPSA) is 53.6 Å². The van der Waals surface area contributed by atoms with Crippen molar-refractivity contribution in [2.75, 3.05) is 33.8 Å². The van der Waals surface area contributed by atoms with Gasteiger partial charge < -0.3 is 20.3 Å². The van der Waals surface area contributed by atoms with E-state index in [1.54, 1.807) is 0 Å². The molecule has 1 aliphatic carbocycles. The summed E-state index contributed by atoms with van der Waals surface area (Å²) in [5.74, 6) is 0.0478. The number of nitrogens with zero attached hydrogens (tertiary/aromatic N) is 1. The maximum atomic E-state index is 12.1. The molecular formula is C13H25N3O2. The van der Waals surface area contributed by atoms with Crippen molar-refractivity contribution < 1.29 is 9.53 Å². The first-order chi connectivity index (χ1) is 8.66. The molecule has 2 rings (SSSR count). The molecule has 1 saturated carbocycles. The SMILES string of the molecule is CN(C)C1CCCC(NC(=O)C2CNCCO2)C1. The number of nitrogens with one attached hydrogen (secondary N) is 2. The third-order valence-electron chi connectivity index (χ3n) is 3.94. The molecule has 0 aromatic carbocycles. The van der Waals surface area contributed by atoms with Gasteiger partial charge >= 0.3 is 0 Å². The van der Waals surface area contributed by atoms with Crippen molar-refractivity contribution in [2.24, 2.45) is 0 Å². The predicted octanol–water partition coefficient (Wildman–Crippen LogP) is -0.0362. The smallest absolute Gasteiger partial charge is 0.250 e. The van der Waals surface area contributed by atoms with Gasteiger partial charge in [-0.3, -0.25) is 4.79 Å². The Balaban J connectivity index is 1.79. The number of morpholine rings is 1. The first-order valence-corrected chi connectivity index (χ1v) is 6.96. The fourth-order valence-electron chi connectivity index (χ4n) is 2.79. The zero-order valence-electron chi connectivity index (χ0n) is 11.4. The monoisotopic (exact) mass is 255 g/mol. The summed E-state index contributed by atoms with van der Waals surface area (Å²) >= 11 is 0. The van der Waals surface area contributed by atoms with Gasteiger partial charge in [-0.1, -0.05) is 0 Å². The van der Waals surface area contributed by atoms with Crippen LogP contribution in [0.15, 0.2) is 0 Å². The number of carbonyl (C=O) groups is 1. The molecule has 0 spiro atoms. The van der Waals surface area contributed by atoms with Crippen LogP contribution in [0, 0.1) is 0 Å². The van der Waals surface area contributed by atoms with Gasteiger partial charge in [-0.25, -0.2) is 0 Å². The second-order valence-electron chi connectivity index (χ2n) is 5.55. The number of hydrogen-bond donors (Lipinski definition) is 2. The Morgan fingerprint density at radius 1 is 1.39 bits per heavy atom. The molecule has 18 heavy (non-hydrogen) atoms. The van der Waals surface area contributed by atoms with E-state index >= 15 is 0 Å². The highest BCUT2D eigenvalue weighted by atomic mass is 16.5. The normalized spacial score (nSPS) is 33.4. The van der Waals surface area contributed by atoms with Crippen LogP contribution in [0.2, 0.25) is 0 Å². The lowest BCUT2D eigenvalue weighted by molar-refractivity contribution is -0.135. The quantitative estimate of drug-likeness (QED) is 0.743. The van der Waals surface area contributed by atoms with Gasteiger partial charge in [-0.05, 0) is 39.8 Å². The molecule has 0 aromatic rings. The molecule has 3 atom stereocenters. The third kappa shape index (κ3) is 3.67. The zero-order valence-corrected chi connectivity index (χ0v) is 11.4. The minimum atomic E-state index is -0.307. The standard InChI is InChI=1S/C13H25N3O2/c1-16(2)11-5-3-4-10(8-11)15-13(17)12-9-14-6-7-18-12/h10-12,14H,3-9H2,1-2H3,(H,15,17). The van der Waals surface area contributed by atoms with Crippen molar-refractivity contribution in [1.29, 1.82) is 0 Å². The molecule has 2 fully saturated rings. The largest absolute Gasteiger partial charge is 0.366 e. The number of hydrogen-bond acceptors (Lipinski definition) is 4. The van der Waals surface area contributed by atoms with Crippen LogP contribution in [0.3, 0.4) is 0 Å². The second-order valence-corrected chi connectivity index (χ2v) is 5.55. The molecule has 0 bridgehead atoms.